The van der Waals surface area contributed by atoms with Crippen molar-refractivity contribution in [2.24, 2.45) is 0 Å². The summed E-state index contributed by atoms with van der Waals surface area (Å²) in [6.07, 6.45) is 0.227. The van der Waals surface area contributed by atoms with Crippen LogP contribution in [0.25, 0.3) is 16.9 Å². The van der Waals surface area contributed by atoms with Crippen molar-refractivity contribution in [3.8, 4) is 16.9 Å². The minimum absolute atomic E-state index is 0.0682. The number of nitrogens with zero attached hydrogens (tertiary/aromatic N) is 4. The Labute approximate surface area is 161 Å². The predicted octanol–water partition coefficient (Wildman–Crippen LogP) is 4.43. The molecule has 27 heavy (non-hydrogen) atoms. The molecule has 6 heteroatoms. The minimum Gasteiger partial charge on any atom is -0.292 e. The Morgan fingerprint density at radius 1 is 1.04 bits per heavy atom. The molecule has 2 aromatic heterocycles. The third kappa shape index (κ3) is 3.44. The van der Waals surface area contributed by atoms with Gasteiger partial charge in [-0.15, -0.1) is 16.4 Å². The summed E-state index contributed by atoms with van der Waals surface area (Å²) >= 11 is 1.49. The minimum atomic E-state index is -0.0682. The van der Waals surface area contributed by atoms with Gasteiger partial charge in [-0.05, 0) is 25.5 Å². The van der Waals surface area contributed by atoms with E-state index >= 15 is 0 Å². The van der Waals surface area contributed by atoms with Gasteiger partial charge in [0.25, 0.3) is 0 Å². The van der Waals surface area contributed by atoms with Crippen molar-refractivity contribution in [1.29, 1.82) is 0 Å². The van der Waals surface area contributed by atoms with E-state index in [9.17, 15) is 4.79 Å². The number of benzene rings is 2. The average molecular weight is 374 g/mol. The molecular formula is C21H18N4OS. The smallest absolute Gasteiger partial charge is 0.191 e. The number of hydrogen-bond acceptors (Lipinski definition) is 5. The number of Topliss-reactive ketones (excluding diaryl/α,β-unsaturated/α-hetero) is 1. The molecule has 0 aliphatic heterocycles. The van der Waals surface area contributed by atoms with Crippen molar-refractivity contribution >= 4 is 17.1 Å². The fraction of sp³-hybridized carbons (Fsp3) is 0.143. The van der Waals surface area contributed by atoms with Crippen LogP contribution in [0.4, 0.5) is 0 Å². The zero-order valence-electron chi connectivity index (χ0n) is 15.1. The number of thiazole rings is 1. The van der Waals surface area contributed by atoms with Gasteiger partial charge in [-0.1, -0.05) is 53.7 Å². The molecular weight excluding hydrogens is 356 g/mol. The van der Waals surface area contributed by atoms with E-state index in [4.69, 9.17) is 0 Å². The Balaban J connectivity index is 1.56. The molecule has 2 aromatic carbocycles. The third-order valence-corrected chi connectivity index (χ3v) is 5.28. The monoisotopic (exact) mass is 374 g/mol. The van der Waals surface area contributed by atoms with E-state index in [0.29, 0.717) is 5.69 Å². The van der Waals surface area contributed by atoms with Crippen LogP contribution in [0.15, 0.2) is 60.0 Å². The first-order valence-corrected chi connectivity index (χ1v) is 9.53. The molecule has 0 fully saturated rings. The maximum Gasteiger partial charge on any atom is 0.191 e. The number of rotatable bonds is 5. The topological polar surface area (TPSA) is 60.7 Å². The second kappa shape index (κ2) is 7.25. The molecule has 4 aromatic rings. The highest BCUT2D eigenvalue weighted by Crippen LogP contribution is 2.23. The normalized spacial score (nSPS) is 10.9. The number of hydrogen-bond donors (Lipinski definition) is 0. The van der Waals surface area contributed by atoms with E-state index in [1.807, 2.05) is 73.8 Å². The Morgan fingerprint density at radius 3 is 2.56 bits per heavy atom. The highest BCUT2D eigenvalue weighted by molar-refractivity contribution is 7.10. The molecule has 0 atom stereocenters. The van der Waals surface area contributed by atoms with E-state index in [0.717, 1.165) is 33.2 Å². The summed E-state index contributed by atoms with van der Waals surface area (Å²) in [5.41, 5.74) is 5.10. The summed E-state index contributed by atoms with van der Waals surface area (Å²) in [7, 11) is 0. The lowest BCUT2D eigenvalue weighted by Crippen LogP contribution is -2.07. The SMILES string of the molecule is Cc1ccccc1-n1nnc(C(=O)Cc2nc(-c3ccccc3)cs2)c1C. The molecule has 0 saturated carbocycles. The fourth-order valence-electron chi connectivity index (χ4n) is 2.97. The molecule has 0 aliphatic rings. The fourth-order valence-corrected chi connectivity index (χ4v) is 3.77. The van der Waals surface area contributed by atoms with Crippen LogP contribution in [0.5, 0.6) is 0 Å². The quantitative estimate of drug-likeness (QED) is 0.485. The maximum absolute atomic E-state index is 12.8. The average Bonchev–Trinajstić information content (AvgIpc) is 3.30. The van der Waals surface area contributed by atoms with Gasteiger partial charge >= 0.3 is 0 Å². The molecule has 0 spiro atoms. The van der Waals surface area contributed by atoms with Crippen LogP contribution in [0, 0.1) is 13.8 Å². The zero-order valence-corrected chi connectivity index (χ0v) is 15.9. The third-order valence-electron chi connectivity index (χ3n) is 4.44. The molecule has 0 aliphatic carbocycles. The van der Waals surface area contributed by atoms with E-state index in [-0.39, 0.29) is 12.2 Å². The van der Waals surface area contributed by atoms with Crippen molar-refractivity contribution in [1.82, 2.24) is 20.0 Å². The van der Waals surface area contributed by atoms with E-state index in [1.165, 1.54) is 11.3 Å². The molecule has 2 heterocycles. The zero-order chi connectivity index (χ0) is 18.8. The second-order valence-electron chi connectivity index (χ2n) is 6.31. The van der Waals surface area contributed by atoms with Crippen LogP contribution in [0.3, 0.4) is 0 Å². The van der Waals surface area contributed by atoms with Gasteiger partial charge in [0.05, 0.1) is 23.5 Å². The van der Waals surface area contributed by atoms with Crippen molar-refractivity contribution in [3.63, 3.8) is 0 Å². The summed E-state index contributed by atoms with van der Waals surface area (Å²) in [6.45, 7) is 3.88. The molecule has 0 bridgehead atoms. The lowest BCUT2D eigenvalue weighted by Gasteiger charge is -2.06. The van der Waals surface area contributed by atoms with Crippen LogP contribution in [-0.4, -0.2) is 25.8 Å². The Bertz CT molecular complexity index is 1100. The van der Waals surface area contributed by atoms with Gasteiger partial charge in [-0.25, -0.2) is 9.67 Å². The number of aromatic nitrogens is 4. The Morgan fingerprint density at radius 2 is 1.78 bits per heavy atom. The van der Waals surface area contributed by atoms with Crippen LogP contribution >= 0.6 is 11.3 Å². The van der Waals surface area contributed by atoms with Crippen molar-refractivity contribution in [2.75, 3.05) is 0 Å². The van der Waals surface area contributed by atoms with Crippen molar-refractivity contribution in [2.45, 2.75) is 20.3 Å². The van der Waals surface area contributed by atoms with Crippen molar-refractivity contribution < 1.29 is 4.79 Å². The molecule has 0 amide bonds. The van der Waals surface area contributed by atoms with E-state index in [2.05, 4.69) is 15.3 Å². The summed E-state index contributed by atoms with van der Waals surface area (Å²) in [4.78, 5) is 17.4. The number of para-hydroxylation sites is 1. The molecule has 0 radical (unpaired) electrons. The van der Waals surface area contributed by atoms with Gasteiger partial charge in [-0.3, -0.25) is 4.79 Å². The second-order valence-corrected chi connectivity index (χ2v) is 7.26. The molecule has 0 N–H and O–H groups in total. The van der Waals surface area contributed by atoms with Gasteiger partial charge in [-0.2, -0.15) is 0 Å². The predicted molar refractivity (Wildman–Crippen MR) is 106 cm³/mol. The first-order valence-electron chi connectivity index (χ1n) is 8.65. The first kappa shape index (κ1) is 17.3. The Hall–Kier alpha value is -3.12. The van der Waals surface area contributed by atoms with E-state index < -0.39 is 0 Å². The van der Waals surface area contributed by atoms with E-state index in [1.54, 1.807) is 4.68 Å². The highest BCUT2D eigenvalue weighted by Gasteiger charge is 2.19. The number of carbonyl (C=O) groups is 1. The van der Waals surface area contributed by atoms with Crippen LogP contribution < -0.4 is 0 Å². The molecule has 134 valence electrons. The van der Waals surface area contributed by atoms with Crippen molar-refractivity contribution in [3.05, 3.63) is 81.9 Å². The largest absolute Gasteiger partial charge is 0.292 e. The van der Waals surface area contributed by atoms with Crippen LogP contribution in [0.1, 0.15) is 26.8 Å². The lowest BCUT2D eigenvalue weighted by atomic mass is 10.1. The first-order chi connectivity index (χ1) is 13.1. The lowest BCUT2D eigenvalue weighted by molar-refractivity contribution is 0.0987. The Kier molecular flexibility index (Phi) is 4.64. The molecule has 4 rings (SSSR count). The summed E-state index contributed by atoms with van der Waals surface area (Å²) in [5, 5.41) is 11.1. The molecule has 5 nitrogen and oxygen atoms in total. The van der Waals surface area contributed by atoms with Gasteiger partial charge in [0, 0.05) is 10.9 Å². The summed E-state index contributed by atoms with van der Waals surface area (Å²) in [6, 6.07) is 17.9. The molecule has 0 unspecified atom stereocenters. The van der Waals surface area contributed by atoms with Gasteiger partial charge in [0.2, 0.25) is 0 Å². The number of carbonyl (C=O) groups excluding carboxylic acids is 1. The van der Waals surface area contributed by atoms with Crippen LogP contribution in [0.2, 0.25) is 0 Å². The summed E-state index contributed by atoms with van der Waals surface area (Å²) < 4.78 is 1.72. The number of aryl methyl sites for hydroxylation is 1. The van der Waals surface area contributed by atoms with Gasteiger partial charge in [0.1, 0.15) is 5.01 Å². The standard InChI is InChI=1S/C21H18N4OS/c1-14-8-6-7-11-18(14)25-15(2)21(23-24-25)19(26)12-20-22-17(13-27-20)16-9-4-3-5-10-16/h3-11,13H,12H2,1-2H3. The maximum atomic E-state index is 12.8. The molecule has 0 saturated heterocycles. The number of ketones is 1. The van der Waals surface area contributed by atoms with Gasteiger partial charge in [0.15, 0.2) is 11.5 Å². The van der Waals surface area contributed by atoms with Crippen LogP contribution in [-0.2, 0) is 6.42 Å². The van der Waals surface area contributed by atoms with Gasteiger partial charge < -0.3 is 0 Å². The summed E-state index contributed by atoms with van der Waals surface area (Å²) in [5.74, 6) is -0.0682. The highest BCUT2D eigenvalue weighted by atomic mass is 32.1.